The van der Waals surface area contributed by atoms with Crippen LogP contribution in [0.15, 0.2) is 48.1 Å². The number of halogens is 1. The van der Waals surface area contributed by atoms with Gasteiger partial charge in [0, 0.05) is 24.0 Å². The van der Waals surface area contributed by atoms with Crippen molar-refractivity contribution in [2.75, 3.05) is 6.61 Å². The summed E-state index contributed by atoms with van der Waals surface area (Å²) in [5.41, 5.74) is 3.84. The first kappa shape index (κ1) is 20.9. The van der Waals surface area contributed by atoms with Crippen molar-refractivity contribution in [3.05, 3.63) is 65.8 Å². The Labute approximate surface area is 171 Å². The van der Waals surface area contributed by atoms with Crippen LogP contribution < -0.4 is 10.2 Å². The first-order chi connectivity index (χ1) is 14.5. The molecule has 0 aliphatic rings. The molecule has 0 saturated carbocycles. The number of aliphatic hydroxyl groups excluding tert-OH is 1. The SMILES string of the molecule is CCOc1ccc(-c2cncc(C(=O)N/N=C/c3cc(C(C)O)cnc3F)n2)cn1. The molecule has 3 heterocycles. The lowest BCUT2D eigenvalue weighted by atomic mass is 10.1. The average molecular weight is 410 g/mol. The van der Waals surface area contributed by atoms with Crippen LogP contribution >= 0.6 is 0 Å². The number of nitrogens with zero attached hydrogens (tertiary/aromatic N) is 5. The lowest BCUT2D eigenvalue weighted by molar-refractivity contribution is 0.0950. The average Bonchev–Trinajstić information content (AvgIpc) is 2.75. The van der Waals surface area contributed by atoms with Crippen LogP contribution in [0.25, 0.3) is 11.3 Å². The number of aliphatic hydroxyl groups is 1. The van der Waals surface area contributed by atoms with E-state index in [1.165, 1.54) is 31.6 Å². The van der Waals surface area contributed by atoms with Gasteiger partial charge in [0.1, 0.15) is 5.69 Å². The molecule has 1 unspecified atom stereocenters. The molecule has 2 N–H and O–H groups in total. The second kappa shape index (κ2) is 9.61. The smallest absolute Gasteiger partial charge is 0.291 e. The number of amides is 1. The van der Waals surface area contributed by atoms with Gasteiger partial charge in [-0.05, 0) is 31.5 Å². The summed E-state index contributed by atoms with van der Waals surface area (Å²) in [4.78, 5) is 28.3. The number of carbonyl (C=O) groups excluding carboxylic acids is 1. The fourth-order valence-corrected chi connectivity index (χ4v) is 2.40. The molecule has 3 aromatic rings. The molecule has 3 aromatic heterocycles. The van der Waals surface area contributed by atoms with Crippen molar-refractivity contribution >= 4 is 12.1 Å². The third-order valence-electron chi connectivity index (χ3n) is 3.93. The first-order valence-electron chi connectivity index (χ1n) is 9.06. The van der Waals surface area contributed by atoms with Gasteiger partial charge in [0.15, 0.2) is 0 Å². The van der Waals surface area contributed by atoms with Gasteiger partial charge in [-0.15, -0.1) is 0 Å². The molecule has 0 fully saturated rings. The van der Waals surface area contributed by atoms with E-state index < -0.39 is 18.0 Å². The summed E-state index contributed by atoms with van der Waals surface area (Å²) in [7, 11) is 0. The lowest BCUT2D eigenvalue weighted by Gasteiger charge is -2.06. The maximum atomic E-state index is 13.8. The summed E-state index contributed by atoms with van der Waals surface area (Å²) in [6, 6.07) is 4.84. The van der Waals surface area contributed by atoms with E-state index in [-0.39, 0.29) is 11.3 Å². The summed E-state index contributed by atoms with van der Waals surface area (Å²) in [5, 5.41) is 13.3. The van der Waals surface area contributed by atoms with Gasteiger partial charge in [-0.3, -0.25) is 9.78 Å². The highest BCUT2D eigenvalue weighted by atomic mass is 19.1. The third kappa shape index (κ3) is 5.17. The summed E-state index contributed by atoms with van der Waals surface area (Å²) in [6.07, 6.45) is 5.87. The Morgan fingerprint density at radius 3 is 2.83 bits per heavy atom. The van der Waals surface area contributed by atoms with Gasteiger partial charge in [-0.25, -0.2) is 20.4 Å². The van der Waals surface area contributed by atoms with E-state index in [9.17, 15) is 14.3 Å². The molecule has 1 atom stereocenters. The zero-order valence-electron chi connectivity index (χ0n) is 16.3. The molecule has 10 heteroatoms. The molecule has 0 radical (unpaired) electrons. The van der Waals surface area contributed by atoms with Gasteiger partial charge in [-0.2, -0.15) is 9.49 Å². The number of pyridine rings is 2. The van der Waals surface area contributed by atoms with E-state index in [1.54, 1.807) is 18.3 Å². The summed E-state index contributed by atoms with van der Waals surface area (Å²) in [6.45, 7) is 3.90. The highest BCUT2D eigenvalue weighted by molar-refractivity contribution is 5.93. The molecular weight excluding hydrogens is 391 g/mol. The minimum absolute atomic E-state index is 0.0222. The van der Waals surface area contributed by atoms with E-state index in [1.807, 2.05) is 6.92 Å². The van der Waals surface area contributed by atoms with Crippen molar-refractivity contribution in [3.63, 3.8) is 0 Å². The van der Waals surface area contributed by atoms with Crippen LogP contribution in [-0.4, -0.2) is 43.8 Å². The van der Waals surface area contributed by atoms with E-state index in [0.29, 0.717) is 29.3 Å². The predicted octanol–water partition coefficient (Wildman–Crippen LogP) is 2.29. The zero-order valence-corrected chi connectivity index (χ0v) is 16.3. The van der Waals surface area contributed by atoms with Crippen LogP contribution in [0, 0.1) is 5.95 Å². The molecule has 154 valence electrons. The number of hydrogen-bond donors (Lipinski definition) is 2. The topological polar surface area (TPSA) is 122 Å². The van der Waals surface area contributed by atoms with E-state index >= 15 is 0 Å². The molecule has 0 aliphatic heterocycles. The van der Waals surface area contributed by atoms with Gasteiger partial charge in [0.2, 0.25) is 11.8 Å². The van der Waals surface area contributed by atoms with Crippen molar-refractivity contribution in [1.82, 2.24) is 25.4 Å². The number of rotatable bonds is 7. The molecular formula is C20H19FN6O3. The molecule has 0 aliphatic carbocycles. The normalized spacial score (nSPS) is 12.0. The Balaban J connectivity index is 1.71. The molecule has 0 saturated heterocycles. The van der Waals surface area contributed by atoms with Crippen LogP contribution in [0.3, 0.4) is 0 Å². The van der Waals surface area contributed by atoms with Crippen LogP contribution in [0.1, 0.15) is 41.6 Å². The fraction of sp³-hybridized carbons (Fsp3) is 0.200. The molecule has 30 heavy (non-hydrogen) atoms. The van der Waals surface area contributed by atoms with Crippen molar-refractivity contribution in [2.24, 2.45) is 5.10 Å². The lowest BCUT2D eigenvalue weighted by Crippen LogP contribution is -2.19. The molecule has 0 aromatic carbocycles. The Kier molecular flexibility index (Phi) is 6.71. The number of hydrogen-bond acceptors (Lipinski definition) is 8. The third-order valence-corrected chi connectivity index (χ3v) is 3.93. The number of aromatic nitrogens is 4. The van der Waals surface area contributed by atoms with Crippen molar-refractivity contribution < 1.29 is 19.0 Å². The predicted molar refractivity (Wildman–Crippen MR) is 106 cm³/mol. The minimum Gasteiger partial charge on any atom is -0.478 e. The molecule has 9 nitrogen and oxygen atoms in total. The number of hydrazone groups is 1. The first-order valence-corrected chi connectivity index (χ1v) is 9.06. The van der Waals surface area contributed by atoms with E-state index in [2.05, 4.69) is 30.5 Å². The monoisotopic (exact) mass is 410 g/mol. The maximum Gasteiger partial charge on any atom is 0.291 e. The van der Waals surface area contributed by atoms with Gasteiger partial charge in [0.25, 0.3) is 5.91 Å². The highest BCUT2D eigenvalue weighted by Gasteiger charge is 2.11. The number of nitrogens with one attached hydrogen (secondary N) is 1. The van der Waals surface area contributed by atoms with E-state index in [0.717, 1.165) is 6.21 Å². The molecule has 0 spiro atoms. The summed E-state index contributed by atoms with van der Waals surface area (Å²) in [5.74, 6) is -0.916. The van der Waals surface area contributed by atoms with Gasteiger partial charge < -0.3 is 9.84 Å². The zero-order chi connectivity index (χ0) is 21.5. The van der Waals surface area contributed by atoms with E-state index in [4.69, 9.17) is 4.74 Å². The van der Waals surface area contributed by atoms with Gasteiger partial charge in [0.05, 0.1) is 42.6 Å². The van der Waals surface area contributed by atoms with Crippen molar-refractivity contribution in [1.29, 1.82) is 0 Å². The maximum absolute atomic E-state index is 13.8. The second-order valence-corrected chi connectivity index (χ2v) is 6.13. The summed E-state index contributed by atoms with van der Waals surface area (Å²) >= 11 is 0. The second-order valence-electron chi connectivity index (χ2n) is 6.13. The van der Waals surface area contributed by atoms with Crippen molar-refractivity contribution in [2.45, 2.75) is 20.0 Å². The largest absolute Gasteiger partial charge is 0.478 e. The highest BCUT2D eigenvalue weighted by Crippen LogP contribution is 2.18. The fourth-order valence-electron chi connectivity index (χ4n) is 2.40. The van der Waals surface area contributed by atoms with Crippen LogP contribution in [0.5, 0.6) is 5.88 Å². The van der Waals surface area contributed by atoms with Gasteiger partial charge >= 0.3 is 0 Å². The van der Waals surface area contributed by atoms with Crippen LogP contribution in [-0.2, 0) is 0 Å². The Morgan fingerprint density at radius 1 is 1.30 bits per heavy atom. The van der Waals surface area contributed by atoms with Crippen LogP contribution in [0.4, 0.5) is 4.39 Å². The number of carbonyl (C=O) groups is 1. The molecule has 3 rings (SSSR count). The standard InChI is InChI=1S/C20H19FN6O3/c1-3-30-18-5-4-13(7-23-18)16-10-22-11-17(26-16)20(29)27-25-9-15-6-14(12(2)28)8-24-19(15)21/h4-12,28H,3H2,1-2H3,(H,27,29)/b25-9+. The Morgan fingerprint density at radius 2 is 2.13 bits per heavy atom. The number of ether oxygens (including phenoxy) is 1. The van der Waals surface area contributed by atoms with Crippen molar-refractivity contribution in [3.8, 4) is 17.1 Å². The molecule has 0 bridgehead atoms. The quantitative estimate of drug-likeness (QED) is 0.348. The Bertz CT molecular complexity index is 1060. The Hall–Kier alpha value is -3.79. The van der Waals surface area contributed by atoms with Crippen LogP contribution in [0.2, 0.25) is 0 Å². The molecule has 1 amide bonds. The minimum atomic E-state index is -0.810. The summed E-state index contributed by atoms with van der Waals surface area (Å²) < 4.78 is 19.1. The van der Waals surface area contributed by atoms with Gasteiger partial charge in [-0.1, -0.05) is 0 Å².